The van der Waals surface area contributed by atoms with Gasteiger partial charge < -0.3 is 14.8 Å². The number of carbonyl (C=O) groups is 1. The Morgan fingerprint density at radius 3 is 2.62 bits per heavy atom. The fourth-order valence-electron chi connectivity index (χ4n) is 3.84. The average Bonchev–Trinajstić information content (AvgIpc) is 3.16. The molecule has 2 heterocycles. The van der Waals surface area contributed by atoms with Crippen molar-refractivity contribution in [3.63, 3.8) is 0 Å². The molecule has 0 atom stereocenters. The molecule has 1 aromatic heterocycles. The van der Waals surface area contributed by atoms with E-state index >= 15 is 0 Å². The highest BCUT2D eigenvalue weighted by atomic mass is 16.6. The molecule has 0 saturated heterocycles. The molecule has 1 saturated carbocycles. The first-order valence-corrected chi connectivity index (χ1v) is 9.13. The normalized spacial score (nSPS) is 17.7. The second-order valence-corrected chi connectivity index (χ2v) is 7.07. The maximum absolute atomic E-state index is 12.5. The van der Waals surface area contributed by atoms with Gasteiger partial charge in [-0.15, -0.1) is 0 Å². The molecule has 0 spiro atoms. The van der Waals surface area contributed by atoms with Crippen molar-refractivity contribution >= 4 is 5.91 Å². The molecule has 2 aromatic rings. The number of aryl methyl sites for hydroxylation is 1. The minimum atomic E-state index is -0.179. The zero-order chi connectivity index (χ0) is 18.0. The number of aromatic nitrogens is 2. The SMILES string of the molecule is Cc1cnc(C(=O)NCC2(c3ccc4c(c3)OCCO4)CCCC2)cn1. The summed E-state index contributed by atoms with van der Waals surface area (Å²) in [7, 11) is 0. The number of nitrogens with one attached hydrogen (secondary N) is 1. The number of nitrogens with zero attached hydrogens (tertiary/aromatic N) is 2. The second-order valence-electron chi connectivity index (χ2n) is 7.07. The first-order valence-electron chi connectivity index (χ1n) is 9.13. The van der Waals surface area contributed by atoms with E-state index in [4.69, 9.17) is 9.47 Å². The van der Waals surface area contributed by atoms with E-state index in [-0.39, 0.29) is 11.3 Å². The molecular weight excluding hydrogens is 330 g/mol. The van der Waals surface area contributed by atoms with Gasteiger partial charge in [-0.05, 0) is 37.5 Å². The van der Waals surface area contributed by atoms with Gasteiger partial charge in [0.15, 0.2) is 11.5 Å². The van der Waals surface area contributed by atoms with Gasteiger partial charge in [0.1, 0.15) is 18.9 Å². The topological polar surface area (TPSA) is 73.3 Å². The molecule has 0 radical (unpaired) electrons. The van der Waals surface area contributed by atoms with Crippen LogP contribution in [0.1, 0.15) is 47.4 Å². The third kappa shape index (κ3) is 3.23. The standard InChI is InChI=1S/C20H23N3O3/c1-14-11-22-16(12-21-14)19(24)23-13-20(6-2-3-7-20)15-4-5-17-18(10-15)26-9-8-25-17/h4-5,10-12H,2-3,6-9,13H2,1H3,(H,23,24). The van der Waals surface area contributed by atoms with Gasteiger partial charge in [0.2, 0.25) is 0 Å². The molecular formula is C20H23N3O3. The number of carbonyl (C=O) groups excluding carboxylic acids is 1. The Morgan fingerprint density at radius 1 is 1.12 bits per heavy atom. The van der Waals surface area contributed by atoms with Crippen LogP contribution in [-0.2, 0) is 5.41 Å². The molecule has 2 aliphatic rings. The lowest BCUT2D eigenvalue weighted by Gasteiger charge is -2.31. The number of benzene rings is 1. The molecule has 1 aliphatic heterocycles. The minimum Gasteiger partial charge on any atom is -0.486 e. The van der Waals surface area contributed by atoms with Crippen LogP contribution in [0.25, 0.3) is 0 Å². The first kappa shape index (κ1) is 16.8. The smallest absolute Gasteiger partial charge is 0.271 e. The molecule has 6 nitrogen and oxygen atoms in total. The summed E-state index contributed by atoms with van der Waals surface area (Å²) in [4.78, 5) is 20.8. The molecule has 6 heteroatoms. The molecule has 1 fully saturated rings. The Balaban J connectivity index is 1.53. The van der Waals surface area contributed by atoms with Gasteiger partial charge in [0, 0.05) is 18.2 Å². The molecule has 4 rings (SSSR count). The zero-order valence-corrected chi connectivity index (χ0v) is 15.0. The van der Waals surface area contributed by atoms with Gasteiger partial charge in [-0.1, -0.05) is 18.9 Å². The van der Waals surface area contributed by atoms with Crippen LogP contribution in [0.2, 0.25) is 0 Å². The minimum absolute atomic E-state index is 0.0659. The summed E-state index contributed by atoms with van der Waals surface area (Å²) in [6.45, 7) is 3.60. The van der Waals surface area contributed by atoms with Crippen LogP contribution in [-0.4, -0.2) is 35.6 Å². The van der Waals surface area contributed by atoms with Gasteiger partial charge in [0.25, 0.3) is 5.91 Å². The molecule has 1 aliphatic carbocycles. The Morgan fingerprint density at radius 2 is 1.88 bits per heavy atom. The van der Waals surface area contributed by atoms with E-state index < -0.39 is 0 Å². The van der Waals surface area contributed by atoms with Crippen molar-refractivity contribution < 1.29 is 14.3 Å². The third-order valence-electron chi connectivity index (χ3n) is 5.32. The van der Waals surface area contributed by atoms with Gasteiger partial charge >= 0.3 is 0 Å². The molecule has 26 heavy (non-hydrogen) atoms. The van der Waals surface area contributed by atoms with E-state index in [9.17, 15) is 4.79 Å². The summed E-state index contributed by atoms with van der Waals surface area (Å²) < 4.78 is 11.4. The van der Waals surface area contributed by atoms with Crippen molar-refractivity contribution in [2.75, 3.05) is 19.8 Å². The Labute approximate surface area is 153 Å². The maximum atomic E-state index is 12.5. The van der Waals surface area contributed by atoms with Gasteiger partial charge in [-0.25, -0.2) is 4.98 Å². The second kappa shape index (κ2) is 6.94. The highest BCUT2D eigenvalue weighted by Gasteiger charge is 2.37. The van der Waals surface area contributed by atoms with Crippen molar-refractivity contribution in [2.24, 2.45) is 0 Å². The quantitative estimate of drug-likeness (QED) is 0.915. The third-order valence-corrected chi connectivity index (χ3v) is 5.32. The summed E-state index contributed by atoms with van der Waals surface area (Å²) in [5.41, 5.74) is 2.29. The number of rotatable bonds is 4. The fraction of sp³-hybridized carbons (Fsp3) is 0.450. The Kier molecular flexibility index (Phi) is 4.49. The number of fused-ring (bicyclic) bond motifs is 1. The average molecular weight is 353 g/mol. The highest BCUT2D eigenvalue weighted by Crippen LogP contribution is 2.43. The summed E-state index contributed by atoms with van der Waals surface area (Å²) in [5, 5.41) is 3.07. The number of amides is 1. The van der Waals surface area contributed by atoms with Crippen molar-refractivity contribution in [3.05, 3.63) is 47.5 Å². The van der Waals surface area contributed by atoms with Crippen LogP contribution in [0.3, 0.4) is 0 Å². The van der Waals surface area contributed by atoms with E-state index in [1.54, 1.807) is 6.20 Å². The molecule has 0 bridgehead atoms. The molecule has 136 valence electrons. The lowest BCUT2D eigenvalue weighted by atomic mass is 9.78. The predicted molar refractivity (Wildman–Crippen MR) is 96.7 cm³/mol. The van der Waals surface area contributed by atoms with Gasteiger partial charge in [-0.2, -0.15) is 0 Å². The zero-order valence-electron chi connectivity index (χ0n) is 15.0. The van der Waals surface area contributed by atoms with Crippen LogP contribution >= 0.6 is 0 Å². The maximum Gasteiger partial charge on any atom is 0.271 e. The Hall–Kier alpha value is -2.63. The molecule has 1 N–H and O–H groups in total. The van der Waals surface area contributed by atoms with Crippen LogP contribution in [0.4, 0.5) is 0 Å². The lowest BCUT2D eigenvalue weighted by Crippen LogP contribution is -2.39. The number of hydrogen-bond acceptors (Lipinski definition) is 5. The number of hydrogen-bond donors (Lipinski definition) is 1. The van der Waals surface area contributed by atoms with Crippen molar-refractivity contribution in [1.29, 1.82) is 0 Å². The largest absolute Gasteiger partial charge is 0.486 e. The predicted octanol–water partition coefficient (Wildman–Crippen LogP) is 2.80. The van der Waals surface area contributed by atoms with Crippen LogP contribution in [0, 0.1) is 6.92 Å². The fourth-order valence-corrected chi connectivity index (χ4v) is 3.84. The van der Waals surface area contributed by atoms with E-state index in [0.717, 1.165) is 42.9 Å². The number of ether oxygens (including phenoxy) is 2. The van der Waals surface area contributed by atoms with E-state index in [0.29, 0.717) is 25.5 Å². The Bertz CT molecular complexity index is 798. The summed E-state index contributed by atoms with van der Waals surface area (Å²) in [6.07, 6.45) is 7.55. The molecule has 1 aromatic carbocycles. The van der Waals surface area contributed by atoms with Gasteiger partial charge in [-0.3, -0.25) is 9.78 Å². The molecule has 1 amide bonds. The van der Waals surface area contributed by atoms with Crippen LogP contribution < -0.4 is 14.8 Å². The van der Waals surface area contributed by atoms with Crippen LogP contribution in [0.15, 0.2) is 30.6 Å². The van der Waals surface area contributed by atoms with E-state index in [1.807, 2.05) is 13.0 Å². The summed E-state index contributed by atoms with van der Waals surface area (Å²) in [5.74, 6) is 1.42. The highest BCUT2D eigenvalue weighted by molar-refractivity contribution is 5.91. The summed E-state index contributed by atoms with van der Waals surface area (Å²) >= 11 is 0. The summed E-state index contributed by atoms with van der Waals surface area (Å²) in [6, 6.07) is 6.17. The lowest BCUT2D eigenvalue weighted by molar-refractivity contribution is 0.0937. The monoisotopic (exact) mass is 353 g/mol. The van der Waals surface area contributed by atoms with Crippen molar-refractivity contribution in [3.8, 4) is 11.5 Å². The van der Waals surface area contributed by atoms with E-state index in [2.05, 4.69) is 27.4 Å². The van der Waals surface area contributed by atoms with Crippen molar-refractivity contribution in [2.45, 2.75) is 38.0 Å². The van der Waals surface area contributed by atoms with Crippen molar-refractivity contribution in [1.82, 2.24) is 15.3 Å². The van der Waals surface area contributed by atoms with E-state index in [1.165, 1.54) is 11.8 Å². The van der Waals surface area contributed by atoms with Crippen LogP contribution in [0.5, 0.6) is 11.5 Å². The van der Waals surface area contributed by atoms with Gasteiger partial charge in [0.05, 0.1) is 11.9 Å². The molecule has 0 unspecified atom stereocenters. The first-order chi connectivity index (χ1) is 12.7.